The third-order valence-corrected chi connectivity index (χ3v) is 3.43. The summed E-state index contributed by atoms with van der Waals surface area (Å²) in [5, 5.41) is 0.440. The second-order valence-electron chi connectivity index (χ2n) is 4.28. The topological polar surface area (TPSA) is 97.0 Å². The van der Waals surface area contributed by atoms with E-state index in [2.05, 4.69) is 0 Å². The van der Waals surface area contributed by atoms with Crippen molar-refractivity contribution in [3.05, 3.63) is 39.7 Å². The van der Waals surface area contributed by atoms with E-state index in [1.54, 1.807) is 25.1 Å². The first-order valence-corrected chi connectivity index (χ1v) is 7.73. The molecule has 0 spiro atoms. The standard InChI is InChI=1S/C13H15O6P/c1-3-8-6-5-7-10-11(8)12(19-20(15,16)17)9(4-2)13(14)18-10/h5-7H,3-4H2,1-2H3,(H2,15,16,17). The molecule has 0 aliphatic heterocycles. The van der Waals surface area contributed by atoms with Crippen LogP contribution in [-0.2, 0) is 17.4 Å². The van der Waals surface area contributed by atoms with Gasteiger partial charge in [-0.1, -0.05) is 26.0 Å². The molecule has 0 aliphatic carbocycles. The van der Waals surface area contributed by atoms with Gasteiger partial charge in [-0.05, 0) is 24.5 Å². The van der Waals surface area contributed by atoms with Crippen molar-refractivity contribution in [1.29, 1.82) is 0 Å². The van der Waals surface area contributed by atoms with Crippen LogP contribution in [0.3, 0.4) is 0 Å². The number of aryl methyl sites for hydroxylation is 1. The maximum atomic E-state index is 11.9. The van der Waals surface area contributed by atoms with Gasteiger partial charge in [-0.2, -0.15) is 0 Å². The van der Waals surface area contributed by atoms with E-state index in [0.29, 0.717) is 11.8 Å². The molecule has 2 rings (SSSR count). The van der Waals surface area contributed by atoms with Gasteiger partial charge in [0, 0.05) is 0 Å². The van der Waals surface area contributed by atoms with Crippen LogP contribution < -0.4 is 10.1 Å². The Morgan fingerprint density at radius 1 is 1.25 bits per heavy atom. The summed E-state index contributed by atoms with van der Waals surface area (Å²) in [7, 11) is -4.76. The number of fused-ring (bicyclic) bond motifs is 1. The maximum absolute atomic E-state index is 11.9. The number of hydrogen-bond donors (Lipinski definition) is 2. The molecule has 2 aromatic rings. The molecule has 0 atom stereocenters. The fraction of sp³-hybridized carbons (Fsp3) is 0.308. The van der Waals surface area contributed by atoms with Gasteiger partial charge in [-0.25, -0.2) is 9.36 Å². The molecule has 0 radical (unpaired) electrons. The van der Waals surface area contributed by atoms with E-state index in [1.165, 1.54) is 0 Å². The summed E-state index contributed by atoms with van der Waals surface area (Å²) in [4.78, 5) is 30.0. The average molecular weight is 298 g/mol. The smallest absolute Gasteiger partial charge is 0.422 e. The Labute approximate surface area is 115 Å². The lowest BCUT2D eigenvalue weighted by Gasteiger charge is -2.14. The molecule has 7 heteroatoms. The lowest BCUT2D eigenvalue weighted by Crippen LogP contribution is -2.10. The highest BCUT2D eigenvalue weighted by Gasteiger charge is 2.24. The molecule has 20 heavy (non-hydrogen) atoms. The van der Waals surface area contributed by atoms with Crippen molar-refractivity contribution in [3.8, 4) is 5.75 Å². The Bertz CT molecular complexity index is 742. The van der Waals surface area contributed by atoms with Gasteiger partial charge in [0.15, 0.2) is 5.75 Å². The normalized spacial score (nSPS) is 11.8. The van der Waals surface area contributed by atoms with Crippen molar-refractivity contribution < 1.29 is 23.3 Å². The SMILES string of the molecule is CCc1c(OP(=O)(O)O)c2c(CC)cccc2oc1=O. The van der Waals surface area contributed by atoms with Crippen molar-refractivity contribution in [2.45, 2.75) is 26.7 Å². The molecule has 1 aromatic carbocycles. The maximum Gasteiger partial charge on any atom is 0.524 e. The third kappa shape index (κ3) is 2.77. The molecule has 0 fully saturated rings. The van der Waals surface area contributed by atoms with Gasteiger partial charge in [-0.3, -0.25) is 9.79 Å². The van der Waals surface area contributed by atoms with Crippen molar-refractivity contribution >= 4 is 18.8 Å². The highest BCUT2D eigenvalue weighted by Crippen LogP contribution is 2.43. The van der Waals surface area contributed by atoms with Gasteiger partial charge in [0.1, 0.15) is 5.58 Å². The summed E-state index contributed by atoms with van der Waals surface area (Å²) in [5.41, 5.74) is 0.540. The minimum absolute atomic E-state index is 0.0791. The molecule has 2 N–H and O–H groups in total. The number of phosphoric acid groups is 1. The fourth-order valence-corrected chi connectivity index (χ4v) is 2.58. The van der Waals surface area contributed by atoms with Crippen LogP contribution in [0.2, 0.25) is 0 Å². The zero-order valence-corrected chi connectivity index (χ0v) is 12.0. The first-order chi connectivity index (χ1) is 9.37. The number of phosphoric ester groups is 1. The highest BCUT2D eigenvalue weighted by molar-refractivity contribution is 7.46. The molecule has 0 unspecified atom stereocenters. The Hall–Kier alpha value is -1.62. The van der Waals surface area contributed by atoms with E-state index in [1.807, 2.05) is 6.92 Å². The Balaban J connectivity index is 2.90. The van der Waals surface area contributed by atoms with Gasteiger partial charge in [0.25, 0.3) is 0 Å². The van der Waals surface area contributed by atoms with Crippen LogP contribution in [0.4, 0.5) is 0 Å². The lowest BCUT2D eigenvalue weighted by molar-refractivity contribution is 0.282. The van der Waals surface area contributed by atoms with Gasteiger partial charge < -0.3 is 8.94 Å². The van der Waals surface area contributed by atoms with E-state index < -0.39 is 13.4 Å². The number of rotatable bonds is 4. The lowest BCUT2D eigenvalue weighted by atomic mass is 10.0. The Morgan fingerprint density at radius 3 is 2.50 bits per heavy atom. The quantitative estimate of drug-likeness (QED) is 0.664. The largest absolute Gasteiger partial charge is 0.524 e. The summed E-state index contributed by atoms with van der Waals surface area (Å²) in [6.07, 6.45) is 0.872. The zero-order chi connectivity index (χ0) is 14.9. The monoisotopic (exact) mass is 298 g/mol. The van der Waals surface area contributed by atoms with Crippen LogP contribution >= 0.6 is 7.82 Å². The van der Waals surface area contributed by atoms with Crippen molar-refractivity contribution in [2.75, 3.05) is 0 Å². The molecular formula is C13H15O6P. The molecule has 0 bridgehead atoms. The third-order valence-electron chi connectivity index (χ3n) is 3.01. The van der Waals surface area contributed by atoms with Gasteiger partial charge >= 0.3 is 13.4 Å². The highest BCUT2D eigenvalue weighted by atomic mass is 31.2. The first kappa shape index (κ1) is 14.8. The molecule has 108 valence electrons. The molecular weight excluding hydrogens is 283 g/mol. The predicted octanol–water partition coefficient (Wildman–Crippen LogP) is 2.39. The second-order valence-corrected chi connectivity index (χ2v) is 5.44. The van der Waals surface area contributed by atoms with E-state index in [9.17, 15) is 9.36 Å². The summed E-state index contributed by atoms with van der Waals surface area (Å²) >= 11 is 0. The number of benzene rings is 1. The van der Waals surface area contributed by atoms with Crippen molar-refractivity contribution in [3.63, 3.8) is 0 Å². The Kier molecular flexibility index (Phi) is 3.99. The predicted molar refractivity (Wildman–Crippen MR) is 73.9 cm³/mol. The minimum atomic E-state index is -4.76. The fourth-order valence-electron chi connectivity index (χ4n) is 2.14. The van der Waals surface area contributed by atoms with Crippen LogP contribution in [0.15, 0.2) is 27.4 Å². The van der Waals surface area contributed by atoms with Crippen LogP contribution in [0, 0.1) is 0 Å². The molecule has 1 aromatic heterocycles. The molecule has 0 saturated heterocycles. The van der Waals surface area contributed by atoms with Crippen molar-refractivity contribution in [1.82, 2.24) is 0 Å². The summed E-state index contributed by atoms with van der Waals surface area (Å²) in [5.74, 6) is -0.0791. The van der Waals surface area contributed by atoms with Crippen LogP contribution in [0.1, 0.15) is 25.0 Å². The van der Waals surface area contributed by atoms with E-state index >= 15 is 0 Å². The summed E-state index contributed by atoms with van der Waals surface area (Å²) in [6, 6.07) is 5.09. The summed E-state index contributed by atoms with van der Waals surface area (Å²) in [6.45, 7) is 3.59. The minimum Gasteiger partial charge on any atom is -0.422 e. The van der Waals surface area contributed by atoms with Gasteiger partial charge in [0.2, 0.25) is 0 Å². The van der Waals surface area contributed by atoms with E-state index in [4.69, 9.17) is 18.7 Å². The molecule has 0 amide bonds. The Morgan fingerprint density at radius 2 is 1.95 bits per heavy atom. The molecule has 0 aliphatic rings. The number of hydrogen-bond acceptors (Lipinski definition) is 4. The van der Waals surface area contributed by atoms with E-state index in [-0.39, 0.29) is 23.3 Å². The molecule has 1 heterocycles. The second kappa shape index (κ2) is 5.40. The van der Waals surface area contributed by atoms with Crippen LogP contribution in [0.25, 0.3) is 11.0 Å². The van der Waals surface area contributed by atoms with Crippen LogP contribution in [-0.4, -0.2) is 9.79 Å². The molecule has 0 saturated carbocycles. The van der Waals surface area contributed by atoms with Crippen LogP contribution in [0.5, 0.6) is 5.75 Å². The first-order valence-electron chi connectivity index (χ1n) is 6.20. The summed E-state index contributed by atoms with van der Waals surface area (Å²) < 4.78 is 21.1. The molecule has 6 nitrogen and oxygen atoms in total. The van der Waals surface area contributed by atoms with Gasteiger partial charge in [0.05, 0.1) is 10.9 Å². The van der Waals surface area contributed by atoms with Crippen molar-refractivity contribution in [2.24, 2.45) is 0 Å². The average Bonchev–Trinajstić information content (AvgIpc) is 2.36. The van der Waals surface area contributed by atoms with E-state index in [0.717, 1.165) is 5.56 Å². The van der Waals surface area contributed by atoms with Gasteiger partial charge in [-0.15, -0.1) is 0 Å². The zero-order valence-electron chi connectivity index (χ0n) is 11.1.